The summed E-state index contributed by atoms with van der Waals surface area (Å²) in [5.74, 6) is 2.16. The fourth-order valence-electron chi connectivity index (χ4n) is 3.98. The fraction of sp³-hybridized carbons (Fsp3) is 0.185. The zero-order valence-corrected chi connectivity index (χ0v) is 20.0. The van der Waals surface area contributed by atoms with Crippen LogP contribution in [0.4, 0.5) is 0 Å². The van der Waals surface area contributed by atoms with E-state index in [2.05, 4.69) is 11.1 Å². The molecule has 2 aromatic heterocycles. The van der Waals surface area contributed by atoms with Gasteiger partial charge in [-0.3, -0.25) is 4.79 Å². The monoisotopic (exact) mass is 472 g/mol. The van der Waals surface area contributed by atoms with E-state index in [0.717, 1.165) is 33.5 Å². The number of aryl methyl sites for hydroxylation is 2. The molecule has 2 heterocycles. The van der Waals surface area contributed by atoms with E-state index in [4.69, 9.17) is 14.2 Å². The number of ether oxygens (including phenoxy) is 3. The Labute approximate surface area is 200 Å². The lowest BCUT2D eigenvalue weighted by Gasteiger charge is -2.12. The maximum Gasteiger partial charge on any atom is 0.274 e. The molecule has 0 fully saturated rings. The molecule has 0 aliphatic carbocycles. The smallest absolute Gasteiger partial charge is 0.274 e. The Morgan fingerprint density at radius 1 is 0.941 bits per heavy atom. The number of imidazole rings is 1. The van der Waals surface area contributed by atoms with E-state index in [0.29, 0.717) is 34.2 Å². The molecule has 0 radical (unpaired) electrons. The predicted octanol–water partition coefficient (Wildman–Crippen LogP) is 4.54. The zero-order valence-electron chi connectivity index (χ0n) is 19.2. The maximum atomic E-state index is 13.2. The Hall–Kier alpha value is -3.84. The Morgan fingerprint density at radius 3 is 2.50 bits per heavy atom. The van der Waals surface area contributed by atoms with Crippen molar-refractivity contribution in [3.05, 3.63) is 92.2 Å². The van der Waals surface area contributed by atoms with Crippen molar-refractivity contribution >= 4 is 33.4 Å². The van der Waals surface area contributed by atoms with Gasteiger partial charge in [-0.25, -0.2) is 9.38 Å². The summed E-state index contributed by atoms with van der Waals surface area (Å²) in [6, 6.07) is 19.3. The lowest BCUT2D eigenvalue weighted by molar-refractivity contribution is 0.216. The SMILES string of the molecule is COc1ccc(OCCOc2cc(C)cc(C)c2)c(C=c2sc3nc4ccccc4n3c2=O)c1. The van der Waals surface area contributed by atoms with E-state index in [1.165, 1.54) is 11.3 Å². The summed E-state index contributed by atoms with van der Waals surface area (Å²) in [6.45, 7) is 4.86. The summed E-state index contributed by atoms with van der Waals surface area (Å²) in [5, 5.41) is 0. The van der Waals surface area contributed by atoms with Gasteiger partial charge in [0, 0.05) is 5.56 Å². The van der Waals surface area contributed by atoms with Gasteiger partial charge in [0.05, 0.1) is 22.7 Å². The second-order valence-corrected chi connectivity index (χ2v) is 9.07. The molecule has 0 spiro atoms. The topological polar surface area (TPSA) is 62.1 Å². The molecule has 0 N–H and O–H groups in total. The summed E-state index contributed by atoms with van der Waals surface area (Å²) >= 11 is 1.36. The highest BCUT2D eigenvalue weighted by Crippen LogP contribution is 2.25. The number of hydrogen-bond acceptors (Lipinski definition) is 6. The van der Waals surface area contributed by atoms with E-state index in [-0.39, 0.29) is 5.56 Å². The second kappa shape index (κ2) is 9.19. The van der Waals surface area contributed by atoms with Gasteiger partial charge in [0.25, 0.3) is 5.56 Å². The number of hydrogen-bond donors (Lipinski definition) is 0. The van der Waals surface area contributed by atoms with Crippen LogP contribution in [0.1, 0.15) is 16.7 Å². The van der Waals surface area contributed by atoms with Crippen molar-refractivity contribution in [2.24, 2.45) is 0 Å². The average molecular weight is 473 g/mol. The van der Waals surface area contributed by atoms with Crippen LogP contribution in [0.25, 0.3) is 22.1 Å². The normalized spacial score (nSPS) is 11.9. The van der Waals surface area contributed by atoms with E-state index in [1.54, 1.807) is 11.5 Å². The van der Waals surface area contributed by atoms with Crippen LogP contribution in [0.15, 0.2) is 65.5 Å². The zero-order chi connectivity index (χ0) is 23.7. The van der Waals surface area contributed by atoms with Gasteiger partial charge < -0.3 is 14.2 Å². The third kappa shape index (κ3) is 4.34. The highest BCUT2D eigenvalue weighted by Gasteiger charge is 2.12. The van der Waals surface area contributed by atoms with E-state index in [9.17, 15) is 4.79 Å². The molecular formula is C27H24N2O4S. The van der Waals surface area contributed by atoms with Crippen LogP contribution in [0.3, 0.4) is 0 Å². The molecule has 0 aliphatic heterocycles. The van der Waals surface area contributed by atoms with Gasteiger partial charge in [0.2, 0.25) is 0 Å². The van der Waals surface area contributed by atoms with E-state index in [1.807, 2.05) is 74.5 Å². The van der Waals surface area contributed by atoms with Crippen molar-refractivity contribution < 1.29 is 14.2 Å². The van der Waals surface area contributed by atoms with Crippen molar-refractivity contribution in [3.63, 3.8) is 0 Å². The van der Waals surface area contributed by atoms with Crippen LogP contribution in [-0.4, -0.2) is 29.7 Å². The number of para-hydroxylation sites is 2. The maximum absolute atomic E-state index is 13.2. The molecule has 0 saturated carbocycles. The lowest BCUT2D eigenvalue weighted by Crippen LogP contribution is -2.22. The largest absolute Gasteiger partial charge is 0.497 e. The van der Waals surface area contributed by atoms with Crippen LogP contribution in [0.5, 0.6) is 17.2 Å². The molecule has 5 rings (SSSR count). The van der Waals surface area contributed by atoms with E-state index >= 15 is 0 Å². The van der Waals surface area contributed by atoms with Crippen molar-refractivity contribution in [2.75, 3.05) is 20.3 Å². The number of fused-ring (bicyclic) bond motifs is 3. The van der Waals surface area contributed by atoms with Gasteiger partial charge in [0.1, 0.15) is 30.5 Å². The highest BCUT2D eigenvalue weighted by molar-refractivity contribution is 7.15. The van der Waals surface area contributed by atoms with Gasteiger partial charge in [-0.2, -0.15) is 0 Å². The average Bonchev–Trinajstić information content (AvgIpc) is 3.33. The van der Waals surface area contributed by atoms with Crippen LogP contribution in [0.2, 0.25) is 0 Å². The lowest BCUT2D eigenvalue weighted by atomic mass is 10.1. The van der Waals surface area contributed by atoms with Crippen molar-refractivity contribution in [1.29, 1.82) is 0 Å². The standard InChI is InChI=1S/C27H24N2O4S/c1-17-12-18(2)14-21(13-17)32-10-11-33-24-9-8-20(31-3)15-19(24)16-25-26(30)29-23-7-5-4-6-22(23)28-27(29)34-25/h4-9,12-16H,10-11H2,1-3H3. The molecule has 7 heteroatoms. The molecule has 0 unspecified atom stereocenters. The Morgan fingerprint density at radius 2 is 1.71 bits per heavy atom. The van der Waals surface area contributed by atoms with Gasteiger partial charge in [-0.05, 0) is 73.5 Å². The Kier molecular flexibility index (Phi) is 5.94. The van der Waals surface area contributed by atoms with Crippen LogP contribution in [-0.2, 0) is 0 Å². The number of thiazole rings is 1. The molecule has 6 nitrogen and oxygen atoms in total. The summed E-state index contributed by atoms with van der Waals surface area (Å²) in [4.78, 5) is 18.4. The van der Waals surface area contributed by atoms with Gasteiger partial charge in [0.15, 0.2) is 4.96 Å². The molecule has 0 saturated heterocycles. The van der Waals surface area contributed by atoms with Crippen LogP contribution < -0.4 is 24.3 Å². The summed E-state index contributed by atoms with van der Waals surface area (Å²) in [6.07, 6.45) is 1.83. The minimum absolute atomic E-state index is 0.0966. The second-order valence-electron chi connectivity index (χ2n) is 8.06. The summed E-state index contributed by atoms with van der Waals surface area (Å²) in [7, 11) is 1.61. The number of methoxy groups -OCH3 is 1. The Balaban J connectivity index is 1.42. The van der Waals surface area contributed by atoms with Crippen LogP contribution in [0, 0.1) is 13.8 Å². The fourth-order valence-corrected chi connectivity index (χ4v) is 4.96. The molecule has 34 heavy (non-hydrogen) atoms. The molecular weight excluding hydrogens is 448 g/mol. The predicted molar refractivity (Wildman–Crippen MR) is 136 cm³/mol. The number of nitrogens with zero attached hydrogens (tertiary/aromatic N) is 2. The number of aromatic nitrogens is 2. The first kappa shape index (κ1) is 22.0. The van der Waals surface area contributed by atoms with Gasteiger partial charge in [-0.1, -0.05) is 29.5 Å². The molecule has 5 aromatic rings. The molecule has 3 aromatic carbocycles. The van der Waals surface area contributed by atoms with E-state index < -0.39 is 0 Å². The van der Waals surface area contributed by atoms with Gasteiger partial charge in [-0.15, -0.1) is 0 Å². The minimum Gasteiger partial charge on any atom is -0.497 e. The molecule has 0 atom stereocenters. The number of rotatable bonds is 7. The first-order chi connectivity index (χ1) is 16.5. The molecule has 172 valence electrons. The Bertz CT molecular complexity index is 1580. The highest BCUT2D eigenvalue weighted by atomic mass is 32.1. The van der Waals surface area contributed by atoms with Crippen molar-refractivity contribution in [2.45, 2.75) is 13.8 Å². The third-order valence-electron chi connectivity index (χ3n) is 5.45. The first-order valence-electron chi connectivity index (χ1n) is 11.0. The van der Waals surface area contributed by atoms with Crippen LogP contribution >= 0.6 is 11.3 Å². The summed E-state index contributed by atoms with van der Waals surface area (Å²) < 4.78 is 19.5. The van der Waals surface area contributed by atoms with Crippen molar-refractivity contribution in [1.82, 2.24) is 9.38 Å². The molecule has 0 aliphatic rings. The van der Waals surface area contributed by atoms with Gasteiger partial charge >= 0.3 is 0 Å². The third-order valence-corrected chi connectivity index (χ3v) is 6.42. The quantitative estimate of drug-likeness (QED) is 0.326. The van der Waals surface area contributed by atoms with Crippen molar-refractivity contribution in [3.8, 4) is 17.2 Å². The molecule has 0 bridgehead atoms. The number of benzene rings is 3. The first-order valence-corrected chi connectivity index (χ1v) is 11.8. The summed E-state index contributed by atoms with van der Waals surface area (Å²) in [5.41, 5.74) is 4.60. The minimum atomic E-state index is -0.0966. The molecule has 0 amide bonds.